The third-order valence-electron chi connectivity index (χ3n) is 4.95. The summed E-state index contributed by atoms with van der Waals surface area (Å²) < 4.78 is 5.92. The maximum absolute atomic E-state index is 5.92. The molecule has 1 nitrogen and oxygen atoms in total. The van der Waals surface area contributed by atoms with Gasteiger partial charge in [-0.3, -0.25) is 0 Å². The van der Waals surface area contributed by atoms with E-state index in [9.17, 15) is 0 Å². The van der Waals surface area contributed by atoms with Gasteiger partial charge in [-0.15, -0.1) is 0 Å². The molecule has 25 heavy (non-hydrogen) atoms. The van der Waals surface area contributed by atoms with Crippen LogP contribution in [0.1, 0.15) is 33.1 Å². The fourth-order valence-electron chi connectivity index (χ4n) is 3.53. The first-order valence-corrected chi connectivity index (χ1v) is 8.66. The van der Waals surface area contributed by atoms with E-state index in [1.54, 1.807) is 0 Å². The van der Waals surface area contributed by atoms with Crippen LogP contribution >= 0.6 is 0 Å². The molecule has 0 saturated carbocycles. The molecule has 3 aromatic carbocycles. The van der Waals surface area contributed by atoms with Crippen LogP contribution in [0.4, 0.5) is 0 Å². The molecule has 3 aromatic rings. The molecule has 122 valence electrons. The van der Waals surface area contributed by atoms with Crippen LogP contribution in [0.5, 0.6) is 0 Å². The standard InChI is InChI=1S/C24H21O/c1-19-12-14-22(15-13-19)24(21-10-6-3-7-11-21)16-17-25-23(18-24)20-8-4-2-5-9-20/h2-17H,18H2,1H3/q+1. The average molecular weight is 325 g/mol. The summed E-state index contributed by atoms with van der Waals surface area (Å²) in [6.45, 7) is 2.13. The van der Waals surface area contributed by atoms with Crippen LogP contribution in [0, 0.1) is 6.92 Å². The van der Waals surface area contributed by atoms with E-state index < -0.39 is 0 Å². The van der Waals surface area contributed by atoms with Crippen molar-refractivity contribution in [3.05, 3.63) is 120 Å². The summed E-state index contributed by atoms with van der Waals surface area (Å²) in [5.74, 6) is 1.01. The average Bonchev–Trinajstić information content (AvgIpc) is 2.70. The molecule has 0 N–H and O–H groups in total. The molecular weight excluding hydrogens is 304 g/mol. The first kappa shape index (κ1) is 15.6. The van der Waals surface area contributed by atoms with E-state index in [-0.39, 0.29) is 5.41 Å². The van der Waals surface area contributed by atoms with Crippen LogP contribution in [-0.2, 0) is 5.41 Å². The van der Waals surface area contributed by atoms with Crippen molar-refractivity contribution in [2.45, 2.75) is 18.8 Å². The van der Waals surface area contributed by atoms with Gasteiger partial charge in [0.2, 0.25) is 0 Å². The Hall–Kier alpha value is -2.93. The van der Waals surface area contributed by atoms with Gasteiger partial charge in [0.05, 0.1) is 17.4 Å². The Morgan fingerprint density at radius 3 is 2.00 bits per heavy atom. The number of carbonyl (C=O) groups excluding carboxylic acids is 1. The number of aryl methyl sites for hydroxylation is 1. The zero-order valence-electron chi connectivity index (χ0n) is 14.4. The van der Waals surface area contributed by atoms with Crippen LogP contribution in [0.25, 0.3) is 0 Å². The molecule has 0 radical (unpaired) electrons. The molecular formula is C24H21O+. The van der Waals surface area contributed by atoms with Crippen molar-refractivity contribution in [2.24, 2.45) is 0 Å². The Balaban J connectivity index is 1.84. The van der Waals surface area contributed by atoms with Gasteiger partial charge in [0.15, 0.2) is 0 Å². The number of hydrogen-bond acceptors (Lipinski definition) is 0. The SMILES string of the molecule is Cc1ccc(C2(c3ccccc3)C=C[O+]=C(c3ccccc3)C2)cc1. The summed E-state index contributed by atoms with van der Waals surface area (Å²) >= 11 is 0. The molecule has 0 aromatic heterocycles. The van der Waals surface area contributed by atoms with Crippen molar-refractivity contribution in [1.82, 2.24) is 0 Å². The van der Waals surface area contributed by atoms with Gasteiger partial charge in [-0.2, -0.15) is 0 Å². The summed E-state index contributed by atoms with van der Waals surface area (Å²) in [6.07, 6.45) is 4.85. The van der Waals surface area contributed by atoms with Crippen LogP contribution in [0.15, 0.2) is 97.3 Å². The molecule has 1 atom stereocenters. The highest BCUT2D eigenvalue weighted by Gasteiger charge is 2.40. The highest BCUT2D eigenvalue weighted by atomic mass is 16.4. The normalized spacial score (nSPS) is 19.5. The van der Waals surface area contributed by atoms with Crippen molar-refractivity contribution in [2.75, 3.05) is 0 Å². The monoisotopic (exact) mass is 325 g/mol. The van der Waals surface area contributed by atoms with Gasteiger partial charge in [0.25, 0.3) is 0 Å². The lowest BCUT2D eigenvalue weighted by Crippen LogP contribution is -2.31. The Morgan fingerprint density at radius 2 is 1.32 bits per heavy atom. The fourth-order valence-corrected chi connectivity index (χ4v) is 3.53. The van der Waals surface area contributed by atoms with Gasteiger partial charge >= 0.3 is 12.0 Å². The van der Waals surface area contributed by atoms with E-state index in [1.165, 1.54) is 16.7 Å². The van der Waals surface area contributed by atoms with Crippen LogP contribution in [0.3, 0.4) is 0 Å². The molecule has 0 fully saturated rings. The molecule has 1 heteroatoms. The van der Waals surface area contributed by atoms with Crippen molar-refractivity contribution in [3.63, 3.8) is 0 Å². The molecule has 0 amide bonds. The van der Waals surface area contributed by atoms with E-state index in [1.807, 2.05) is 12.3 Å². The van der Waals surface area contributed by atoms with Crippen LogP contribution < -0.4 is 0 Å². The third kappa shape index (κ3) is 2.94. The quantitative estimate of drug-likeness (QED) is 0.554. The number of benzene rings is 3. The second kappa shape index (κ2) is 6.52. The second-order valence-corrected chi connectivity index (χ2v) is 6.59. The number of allylic oxidation sites excluding steroid dienone is 1. The Labute approximate surface area is 149 Å². The summed E-state index contributed by atoms with van der Waals surface area (Å²) in [5.41, 5.74) is 4.77. The first-order chi connectivity index (χ1) is 12.3. The minimum absolute atomic E-state index is 0.210. The minimum Gasteiger partial charge on any atom is -0.221 e. The second-order valence-electron chi connectivity index (χ2n) is 6.59. The topological polar surface area (TPSA) is 11.3 Å². The lowest BCUT2D eigenvalue weighted by Gasteiger charge is -2.30. The maximum atomic E-state index is 5.92. The minimum atomic E-state index is -0.210. The smallest absolute Gasteiger partial charge is 0.221 e. The highest BCUT2D eigenvalue weighted by molar-refractivity contribution is 5.98. The van der Waals surface area contributed by atoms with Gasteiger partial charge in [-0.25, -0.2) is 4.42 Å². The van der Waals surface area contributed by atoms with Gasteiger partial charge in [-0.05, 0) is 30.2 Å². The Morgan fingerprint density at radius 1 is 0.720 bits per heavy atom. The van der Waals surface area contributed by atoms with E-state index in [4.69, 9.17) is 4.42 Å². The number of hydrogen-bond donors (Lipinski definition) is 0. The Kier molecular flexibility index (Phi) is 4.07. The van der Waals surface area contributed by atoms with Crippen molar-refractivity contribution in [1.29, 1.82) is 0 Å². The van der Waals surface area contributed by atoms with Gasteiger partial charge in [-0.1, -0.05) is 78.4 Å². The zero-order valence-corrected chi connectivity index (χ0v) is 14.4. The lowest BCUT2D eigenvalue weighted by molar-refractivity contribution is -0.179. The molecule has 0 spiro atoms. The third-order valence-corrected chi connectivity index (χ3v) is 4.95. The highest BCUT2D eigenvalue weighted by Crippen LogP contribution is 2.40. The first-order valence-electron chi connectivity index (χ1n) is 8.66. The molecule has 0 saturated heterocycles. The molecule has 0 bridgehead atoms. The number of rotatable bonds is 3. The van der Waals surface area contributed by atoms with E-state index in [2.05, 4.69) is 91.9 Å². The zero-order chi connectivity index (χ0) is 17.1. The summed E-state index contributed by atoms with van der Waals surface area (Å²) in [7, 11) is 0. The van der Waals surface area contributed by atoms with Crippen molar-refractivity contribution in [3.8, 4) is 0 Å². The van der Waals surface area contributed by atoms with Gasteiger partial charge in [0, 0.05) is 6.08 Å². The molecule has 0 aliphatic carbocycles. The maximum Gasteiger partial charge on any atom is 0.337 e. The van der Waals surface area contributed by atoms with Crippen molar-refractivity contribution < 1.29 is 4.42 Å². The molecule has 1 aliphatic heterocycles. The van der Waals surface area contributed by atoms with E-state index >= 15 is 0 Å². The molecule has 1 heterocycles. The van der Waals surface area contributed by atoms with E-state index in [0.717, 1.165) is 17.8 Å². The predicted octanol–water partition coefficient (Wildman–Crippen LogP) is 5.62. The molecule has 1 aliphatic rings. The lowest BCUT2D eigenvalue weighted by atomic mass is 9.70. The van der Waals surface area contributed by atoms with E-state index in [0.29, 0.717) is 0 Å². The Bertz CT molecular complexity index is 905. The fraction of sp³-hybridized carbons (Fsp3) is 0.125. The molecule has 4 rings (SSSR count). The molecule has 1 unspecified atom stereocenters. The predicted molar refractivity (Wildman–Crippen MR) is 103 cm³/mol. The van der Waals surface area contributed by atoms with Crippen LogP contribution in [-0.4, -0.2) is 5.78 Å². The van der Waals surface area contributed by atoms with Gasteiger partial charge < -0.3 is 0 Å². The largest absolute Gasteiger partial charge is 0.337 e. The summed E-state index contributed by atoms with van der Waals surface area (Å²) in [5, 5.41) is 0. The van der Waals surface area contributed by atoms with Gasteiger partial charge in [0.1, 0.15) is 0 Å². The van der Waals surface area contributed by atoms with Crippen molar-refractivity contribution >= 4 is 5.78 Å². The van der Waals surface area contributed by atoms with Crippen LogP contribution in [0.2, 0.25) is 0 Å². The summed E-state index contributed by atoms with van der Waals surface area (Å²) in [6, 6.07) is 29.9. The summed E-state index contributed by atoms with van der Waals surface area (Å²) in [4.78, 5) is 0. The number of ketones is 1.